The van der Waals surface area contributed by atoms with Crippen LogP contribution in [0.3, 0.4) is 0 Å². The second-order valence-electron chi connectivity index (χ2n) is 13.1. The molecule has 0 aliphatic carbocycles. The van der Waals surface area contributed by atoms with Gasteiger partial charge in [-0.3, -0.25) is 0 Å². The molecule has 0 aromatic carbocycles. The Kier molecular flexibility index (Phi) is 32.6. The second kappa shape index (κ2) is 30.3. The lowest BCUT2D eigenvalue weighted by Crippen LogP contribution is -2.13. The minimum atomic E-state index is -0.652. The highest BCUT2D eigenvalue weighted by molar-refractivity contribution is 7.76. The number of rotatable bonds is 31. The summed E-state index contributed by atoms with van der Waals surface area (Å²) in [6, 6.07) is 0. The highest BCUT2D eigenvalue weighted by Crippen LogP contribution is 2.62. The molecule has 0 saturated heterocycles. The summed E-state index contributed by atoms with van der Waals surface area (Å²) in [5.74, 6) is 0. The Bertz CT molecular complexity index is 375. The molecule has 0 spiro atoms. The lowest BCUT2D eigenvalue weighted by molar-refractivity contribution is 0.562. The van der Waals surface area contributed by atoms with Crippen molar-refractivity contribution in [1.29, 1.82) is 0 Å². The van der Waals surface area contributed by atoms with Crippen LogP contribution in [0.15, 0.2) is 0 Å². The predicted octanol–water partition coefficient (Wildman–Crippen LogP) is 14.4. The van der Waals surface area contributed by atoms with Gasteiger partial charge < -0.3 is 0 Å². The smallest absolute Gasteiger partial charge is 0.0594 e. The van der Waals surface area contributed by atoms with Gasteiger partial charge in [-0.25, -0.2) is 0 Å². The average molecular weight is 589 g/mol. The van der Waals surface area contributed by atoms with Crippen LogP contribution >= 0.6 is 14.5 Å². The first-order chi connectivity index (χ1) is 18.6. The van der Waals surface area contributed by atoms with E-state index < -0.39 is 14.5 Å². The Morgan fingerprint density at radius 3 is 0.564 bits per heavy atom. The second-order valence-corrected chi connectivity index (χ2v) is 22.1. The van der Waals surface area contributed by atoms with E-state index in [0.717, 1.165) is 0 Å². The average Bonchev–Trinajstić information content (AvgIpc) is 2.94. The first-order valence-corrected chi connectivity index (χ1v) is 23.3. The van der Waals surface area contributed by atoms with Crippen molar-refractivity contribution in [1.82, 2.24) is 0 Å². The van der Waals surface area contributed by atoms with Crippen molar-refractivity contribution in [2.24, 2.45) is 0 Å². The zero-order chi connectivity index (χ0) is 28.2. The van der Waals surface area contributed by atoms with E-state index in [4.69, 9.17) is 0 Å². The van der Waals surface area contributed by atoms with Crippen molar-refractivity contribution in [2.75, 3.05) is 49.3 Å². The molecular weight excluding hydrogens is 506 g/mol. The Morgan fingerprint density at radius 1 is 0.231 bits per heavy atom. The Balaban J connectivity index is 0. The van der Waals surface area contributed by atoms with E-state index >= 15 is 0 Å². The summed E-state index contributed by atoms with van der Waals surface area (Å²) >= 11 is 0. The van der Waals surface area contributed by atoms with Gasteiger partial charge in [0.05, 0.1) is 49.3 Å². The van der Waals surface area contributed by atoms with Crippen molar-refractivity contribution in [3.63, 3.8) is 0 Å². The van der Waals surface area contributed by atoms with Gasteiger partial charge in [0, 0.05) is 14.5 Å². The molecule has 0 aliphatic heterocycles. The van der Waals surface area contributed by atoms with Gasteiger partial charge in [-0.2, -0.15) is 0 Å². The van der Waals surface area contributed by atoms with Crippen LogP contribution in [-0.2, 0) is 0 Å². The van der Waals surface area contributed by atoms with Crippen LogP contribution in [0, 0.1) is 0 Å². The first kappa shape index (κ1) is 42.0. The van der Waals surface area contributed by atoms with Crippen molar-refractivity contribution in [2.45, 2.75) is 190 Å². The van der Waals surface area contributed by atoms with Crippen LogP contribution in [0.1, 0.15) is 190 Å². The quantitative estimate of drug-likeness (QED) is 0.0558. The molecule has 0 heterocycles. The molecule has 0 amide bonds. The highest BCUT2D eigenvalue weighted by Gasteiger charge is 2.35. The van der Waals surface area contributed by atoms with Crippen molar-refractivity contribution < 1.29 is 0 Å². The van der Waals surface area contributed by atoms with Gasteiger partial charge in [0.15, 0.2) is 0 Å². The molecular formula is C37H82P2+2. The van der Waals surface area contributed by atoms with Crippen LogP contribution in [0.4, 0.5) is 0 Å². The Morgan fingerprint density at radius 2 is 0.385 bits per heavy atom. The standard InChI is InChI=1S/C36H78P2.CH4/c1-7-13-29-37(30-14-8-2,31-15-9-3)35-27-25-23-21-19-20-22-24-26-28-36-38(32-16-10-4,33-17-11-5)34-18-12-6;/h7-36H2,1-6H3;1H4/q+2;. The summed E-state index contributed by atoms with van der Waals surface area (Å²) in [7, 11) is -1.30. The summed E-state index contributed by atoms with van der Waals surface area (Å²) in [5, 5.41) is 0. The maximum Gasteiger partial charge on any atom is 0.0594 e. The number of hydrogen-bond donors (Lipinski definition) is 0. The van der Waals surface area contributed by atoms with Crippen LogP contribution in [0.25, 0.3) is 0 Å². The van der Waals surface area contributed by atoms with Crippen LogP contribution in [0.5, 0.6) is 0 Å². The molecule has 0 aromatic rings. The van der Waals surface area contributed by atoms with Crippen LogP contribution in [-0.4, -0.2) is 49.3 Å². The molecule has 0 saturated carbocycles. The summed E-state index contributed by atoms with van der Waals surface area (Å²) in [5.41, 5.74) is 0. The molecule has 0 radical (unpaired) electrons. The number of hydrogen-bond acceptors (Lipinski definition) is 0. The molecule has 0 bridgehead atoms. The molecule has 0 aromatic heterocycles. The summed E-state index contributed by atoms with van der Waals surface area (Å²) < 4.78 is 0. The van der Waals surface area contributed by atoms with Crippen molar-refractivity contribution >= 4 is 14.5 Å². The molecule has 39 heavy (non-hydrogen) atoms. The third-order valence-corrected chi connectivity index (χ3v) is 19.6. The third-order valence-electron chi connectivity index (χ3n) is 9.43. The number of unbranched alkanes of at least 4 members (excludes halogenated alkanes) is 15. The molecule has 2 heteroatoms. The molecule has 0 atom stereocenters. The molecule has 238 valence electrons. The molecule has 0 rings (SSSR count). The van der Waals surface area contributed by atoms with E-state index in [-0.39, 0.29) is 7.43 Å². The molecule has 0 unspecified atom stereocenters. The Hall–Kier alpha value is 0.860. The largest absolute Gasteiger partial charge is 0.0776 e. The minimum absolute atomic E-state index is 0. The van der Waals surface area contributed by atoms with Gasteiger partial charge in [-0.15, -0.1) is 0 Å². The van der Waals surface area contributed by atoms with E-state index in [0.29, 0.717) is 0 Å². The fourth-order valence-electron chi connectivity index (χ4n) is 6.61. The fourth-order valence-corrected chi connectivity index (χ4v) is 17.0. The predicted molar refractivity (Wildman–Crippen MR) is 195 cm³/mol. The van der Waals surface area contributed by atoms with Gasteiger partial charge in [-0.05, 0) is 64.2 Å². The minimum Gasteiger partial charge on any atom is -0.0776 e. The Labute approximate surface area is 253 Å². The molecule has 0 nitrogen and oxygen atoms in total. The maximum atomic E-state index is 2.40. The fraction of sp³-hybridized carbons (Fsp3) is 1.00. The van der Waals surface area contributed by atoms with Crippen LogP contribution in [0.2, 0.25) is 0 Å². The van der Waals surface area contributed by atoms with Crippen molar-refractivity contribution in [3.05, 3.63) is 0 Å². The third kappa shape index (κ3) is 23.0. The lowest BCUT2D eigenvalue weighted by Gasteiger charge is -2.28. The highest BCUT2D eigenvalue weighted by atomic mass is 31.2. The van der Waals surface area contributed by atoms with E-state index in [1.54, 1.807) is 62.1 Å². The van der Waals surface area contributed by atoms with E-state index in [1.165, 1.54) is 128 Å². The summed E-state index contributed by atoms with van der Waals surface area (Å²) in [4.78, 5) is 0. The van der Waals surface area contributed by atoms with E-state index in [9.17, 15) is 0 Å². The van der Waals surface area contributed by atoms with E-state index in [2.05, 4.69) is 41.5 Å². The topological polar surface area (TPSA) is 0 Å². The maximum absolute atomic E-state index is 2.40. The molecule has 0 N–H and O–H groups in total. The van der Waals surface area contributed by atoms with Gasteiger partial charge in [0.25, 0.3) is 0 Å². The van der Waals surface area contributed by atoms with Gasteiger partial charge in [0.1, 0.15) is 0 Å². The zero-order valence-electron chi connectivity index (χ0n) is 28.1. The van der Waals surface area contributed by atoms with Gasteiger partial charge in [-0.1, -0.05) is 126 Å². The SMILES string of the molecule is C.CCCC[P+](CCCC)(CCCC)CCCCCCCCCCCC[P+](CCCC)(CCCC)CCCC. The lowest BCUT2D eigenvalue weighted by atomic mass is 10.1. The van der Waals surface area contributed by atoms with Gasteiger partial charge in [0.2, 0.25) is 0 Å². The monoisotopic (exact) mass is 589 g/mol. The summed E-state index contributed by atoms with van der Waals surface area (Å²) in [6.07, 6.45) is 45.5. The van der Waals surface area contributed by atoms with E-state index in [1.807, 2.05) is 0 Å². The van der Waals surface area contributed by atoms with Gasteiger partial charge >= 0.3 is 0 Å². The normalized spacial score (nSPS) is 12.2. The zero-order valence-corrected chi connectivity index (χ0v) is 29.9. The molecule has 0 fully saturated rings. The van der Waals surface area contributed by atoms with Crippen molar-refractivity contribution in [3.8, 4) is 0 Å². The van der Waals surface area contributed by atoms with Crippen LogP contribution < -0.4 is 0 Å². The first-order valence-electron chi connectivity index (χ1n) is 18.3. The molecule has 0 aliphatic rings. The summed E-state index contributed by atoms with van der Waals surface area (Å²) in [6.45, 7) is 14.4.